The van der Waals surface area contributed by atoms with Crippen LogP contribution in [0.1, 0.15) is 29.6 Å². The van der Waals surface area contributed by atoms with Crippen LogP contribution in [0, 0.1) is 5.92 Å². The highest BCUT2D eigenvalue weighted by atomic mass is 32.2. The number of benzene rings is 1. The average molecular weight is 280 g/mol. The van der Waals surface area contributed by atoms with Crippen molar-refractivity contribution < 1.29 is 17.9 Å². The summed E-state index contributed by atoms with van der Waals surface area (Å²) in [5, 5.41) is 0. The van der Waals surface area contributed by atoms with Crippen molar-refractivity contribution >= 4 is 15.6 Å². The Bertz CT molecular complexity index is 584. The van der Waals surface area contributed by atoms with Crippen molar-refractivity contribution in [2.24, 2.45) is 5.92 Å². The third-order valence-corrected chi connectivity index (χ3v) is 5.34. The SMILES string of the molecule is O=C(c1ccc(OC2CC2)cc1)C1CCS(=O)(=O)C1. The number of rotatable bonds is 4. The summed E-state index contributed by atoms with van der Waals surface area (Å²) in [6.07, 6.45) is 2.98. The molecule has 1 aromatic rings. The lowest BCUT2D eigenvalue weighted by atomic mass is 9.97. The minimum absolute atomic E-state index is 0.00778. The third-order valence-electron chi connectivity index (χ3n) is 3.57. The van der Waals surface area contributed by atoms with Crippen LogP contribution < -0.4 is 4.74 Å². The van der Waals surface area contributed by atoms with Gasteiger partial charge in [-0.2, -0.15) is 0 Å². The molecule has 5 heteroatoms. The first kappa shape index (κ1) is 12.7. The molecule has 3 rings (SSSR count). The van der Waals surface area contributed by atoms with Gasteiger partial charge in [0.05, 0.1) is 17.6 Å². The fraction of sp³-hybridized carbons (Fsp3) is 0.500. The maximum Gasteiger partial charge on any atom is 0.166 e. The lowest BCUT2D eigenvalue weighted by molar-refractivity contribution is 0.0933. The zero-order chi connectivity index (χ0) is 13.5. The van der Waals surface area contributed by atoms with Crippen LogP contribution in [-0.2, 0) is 9.84 Å². The predicted molar refractivity (Wildman–Crippen MR) is 71.2 cm³/mol. The Hall–Kier alpha value is -1.36. The molecule has 1 aromatic carbocycles. The van der Waals surface area contributed by atoms with E-state index in [1.54, 1.807) is 24.3 Å². The van der Waals surface area contributed by atoms with Gasteiger partial charge in [-0.15, -0.1) is 0 Å². The molecule has 0 aromatic heterocycles. The van der Waals surface area contributed by atoms with E-state index in [1.807, 2.05) is 0 Å². The van der Waals surface area contributed by atoms with Crippen LogP contribution in [0.4, 0.5) is 0 Å². The zero-order valence-corrected chi connectivity index (χ0v) is 11.4. The molecule has 1 aliphatic heterocycles. The summed E-state index contributed by atoms with van der Waals surface area (Å²) < 4.78 is 28.4. The molecule has 0 spiro atoms. The lowest BCUT2D eigenvalue weighted by Crippen LogP contribution is -2.16. The fourth-order valence-electron chi connectivity index (χ4n) is 2.31. The Morgan fingerprint density at radius 2 is 1.79 bits per heavy atom. The van der Waals surface area contributed by atoms with E-state index in [0.29, 0.717) is 18.1 Å². The van der Waals surface area contributed by atoms with E-state index in [4.69, 9.17) is 4.74 Å². The molecule has 1 saturated heterocycles. The van der Waals surface area contributed by atoms with E-state index in [9.17, 15) is 13.2 Å². The molecule has 102 valence electrons. The number of hydrogen-bond acceptors (Lipinski definition) is 4. The van der Waals surface area contributed by atoms with Crippen LogP contribution in [0.3, 0.4) is 0 Å². The van der Waals surface area contributed by atoms with Gasteiger partial charge in [0.2, 0.25) is 0 Å². The van der Waals surface area contributed by atoms with E-state index in [0.717, 1.165) is 18.6 Å². The quantitative estimate of drug-likeness (QED) is 0.790. The van der Waals surface area contributed by atoms with Gasteiger partial charge in [0, 0.05) is 11.5 Å². The fourth-order valence-corrected chi connectivity index (χ4v) is 4.05. The van der Waals surface area contributed by atoms with E-state index in [2.05, 4.69) is 0 Å². The molecule has 1 saturated carbocycles. The van der Waals surface area contributed by atoms with Gasteiger partial charge in [0.1, 0.15) is 5.75 Å². The monoisotopic (exact) mass is 280 g/mol. The molecule has 0 radical (unpaired) electrons. The molecule has 0 bridgehead atoms. The Balaban J connectivity index is 1.69. The Morgan fingerprint density at radius 3 is 2.32 bits per heavy atom. The second-order valence-electron chi connectivity index (χ2n) is 5.31. The van der Waals surface area contributed by atoms with E-state index >= 15 is 0 Å². The second kappa shape index (κ2) is 4.63. The van der Waals surface area contributed by atoms with Gasteiger partial charge < -0.3 is 4.74 Å². The van der Waals surface area contributed by atoms with Gasteiger partial charge in [0.15, 0.2) is 15.6 Å². The van der Waals surface area contributed by atoms with Gasteiger partial charge in [-0.3, -0.25) is 4.79 Å². The normalized spacial score (nSPS) is 25.2. The molecule has 2 fully saturated rings. The maximum absolute atomic E-state index is 12.2. The Kier molecular flexibility index (Phi) is 3.09. The van der Waals surface area contributed by atoms with Crippen molar-refractivity contribution in [3.63, 3.8) is 0 Å². The number of hydrogen-bond donors (Lipinski definition) is 0. The minimum atomic E-state index is -3.01. The van der Waals surface area contributed by atoms with Crippen LogP contribution >= 0.6 is 0 Å². The number of carbonyl (C=O) groups is 1. The molecular weight excluding hydrogens is 264 g/mol. The summed E-state index contributed by atoms with van der Waals surface area (Å²) in [6, 6.07) is 7.03. The first-order valence-corrected chi connectivity index (χ1v) is 8.37. The van der Waals surface area contributed by atoms with Crippen molar-refractivity contribution in [2.75, 3.05) is 11.5 Å². The van der Waals surface area contributed by atoms with E-state index in [1.165, 1.54) is 0 Å². The summed E-state index contributed by atoms with van der Waals surface area (Å²) >= 11 is 0. The smallest absolute Gasteiger partial charge is 0.166 e. The van der Waals surface area contributed by atoms with Gasteiger partial charge in [-0.1, -0.05) is 0 Å². The first-order valence-electron chi connectivity index (χ1n) is 6.55. The molecule has 1 heterocycles. The largest absolute Gasteiger partial charge is 0.490 e. The number of Topliss-reactive ketones (excluding diaryl/α,β-unsaturated/α-hetero) is 1. The molecule has 0 N–H and O–H groups in total. The Labute approximate surface area is 112 Å². The molecular formula is C14H16O4S. The number of carbonyl (C=O) groups excluding carboxylic acids is 1. The number of ether oxygens (including phenoxy) is 1. The van der Waals surface area contributed by atoms with Crippen molar-refractivity contribution in [2.45, 2.75) is 25.4 Å². The molecule has 1 aliphatic carbocycles. The summed E-state index contributed by atoms with van der Waals surface area (Å²) in [5.74, 6) is 0.454. The molecule has 2 aliphatic rings. The predicted octanol–water partition coefficient (Wildman–Crippen LogP) is 1.85. The number of ketones is 1. The summed E-state index contributed by atoms with van der Waals surface area (Å²) in [6.45, 7) is 0. The summed E-state index contributed by atoms with van der Waals surface area (Å²) in [7, 11) is -3.01. The topological polar surface area (TPSA) is 60.4 Å². The van der Waals surface area contributed by atoms with Crippen LogP contribution in [0.5, 0.6) is 5.75 Å². The van der Waals surface area contributed by atoms with Gasteiger partial charge in [-0.25, -0.2) is 8.42 Å². The highest BCUT2D eigenvalue weighted by molar-refractivity contribution is 7.91. The molecule has 1 unspecified atom stereocenters. The average Bonchev–Trinajstić information content (AvgIpc) is 3.11. The van der Waals surface area contributed by atoms with Gasteiger partial charge >= 0.3 is 0 Å². The van der Waals surface area contributed by atoms with E-state index < -0.39 is 9.84 Å². The van der Waals surface area contributed by atoms with Crippen molar-refractivity contribution in [3.8, 4) is 5.75 Å². The van der Waals surface area contributed by atoms with Crippen molar-refractivity contribution in [3.05, 3.63) is 29.8 Å². The second-order valence-corrected chi connectivity index (χ2v) is 7.53. The zero-order valence-electron chi connectivity index (χ0n) is 10.5. The minimum Gasteiger partial charge on any atom is -0.490 e. The number of sulfone groups is 1. The molecule has 1 atom stereocenters. The van der Waals surface area contributed by atoms with Crippen LogP contribution in [-0.4, -0.2) is 31.8 Å². The van der Waals surface area contributed by atoms with Crippen molar-refractivity contribution in [1.29, 1.82) is 0 Å². The van der Waals surface area contributed by atoms with E-state index in [-0.39, 0.29) is 23.2 Å². The molecule has 0 amide bonds. The molecule has 19 heavy (non-hydrogen) atoms. The third kappa shape index (κ3) is 2.97. The maximum atomic E-state index is 12.2. The summed E-state index contributed by atoms with van der Waals surface area (Å²) in [4.78, 5) is 12.2. The van der Waals surface area contributed by atoms with Crippen LogP contribution in [0.2, 0.25) is 0 Å². The highest BCUT2D eigenvalue weighted by Crippen LogP contribution is 2.28. The standard InChI is InChI=1S/C14H16O4S/c15-14(11-7-8-19(16,17)9-11)10-1-3-12(4-2-10)18-13-5-6-13/h1-4,11,13H,5-9H2. The summed E-state index contributed by atoms with van der Waals surface area (Å²) in [5.41, 5.74) is 0.574. The lowest BCUT2D eigenvalue weighted by Gasteiger charge is -2.08. The first-order chi connectivity index (χ1) is 9.03. The van der Waals surface area contributed by atoms with Gasteiger partial charge in [0.25, 0.3) is 0 Å². The van der Waals surface area contributed by atoms with Gasteiger partial charge in [-0.05, 0) is 43.5 Å². The Morgan fingerprint density at radius 1 is 1.11 bits per heavy atom. The van der Waals surface area contributed by atoms with Crippen LogP contribution in [0.15, 0.2) is 24.3 Å². The molecule has 4 nitrogen and oxygen atoms in total. The highest BCUT2D eigenvalue weighted by Gasteiger charge is 2.33. The van der Waals surface area contributed by atoms with Crippen LogP contribution in [0.25, 0.3) is 0 Å². The van der Waals surface area contributed by atoms with Crippen molar-refractivity contribution in [1.82, 2.24) is 0 Å².